The maximum Gasteiger partial charge on any atom is 0.223 e. The second kappa shape index (κ2) is 3.73. The zero-order chi connectivity index (χ0) is 10.1. The largest absolute Gasteiger partial charge is 0.312 e. The van der Waals surface area contributed by atoms with Gasteiger partial charge in [0.05, 0.1) is 0 Å². The number of halogens is 1. The number of nitrogens with zero attached hydrogens (tertiary/aromatic N) is 1. The van der Waals surface area contributed by atoms with E-state index < -0.39 is 0 Å². The molecule has 1 aromatic carbocycles. The van der Waals surface area contributed by atoms with Crippen molar-refractivity contribution in [2.45, 2.75) is 12.8 Å². The van der Waals surface area contributed by atoms with Crippen molar-refractivity contribution >= 4 is 27.5 Å². The predicted molar refractivity (Wildman–Crippen MR) is 61.0 cm³/mol. The molecular formula is C11H12BrNO. The first-order valence-corrected chi connectivity index (χ1v) is 5.79. The van der Waals surface area contributed by atoms with Crippen molar-refractivity contribution in [2.75, 3.05) is 16.8 Å². The van der Waals surface area contributed by atoms with Crippen LogP contribution in [0.15, 0.2) is 24.3 Å². The minimum atomic E-state index is 0.126. The Balaban J connectivity index is 2.43. The molecule has 1 amide bonds. The van der Waals surface area contributed by atoms with Gasteiger partial charge in [0.1, 0.15) is 0 Å². The number of rotatable bonds is 1. The van der Waals surface area contributed by atoms with E-state index in [0.717, 1.165) is 17.6 Å². The maximum absolute atomic E-state index is 11.4. The van der Waals surface area contributed by atoms with E-state index in [2.05, 4.69) is 22.0 Å². The Kier molecular flexibility index (Phi) is 2.59. The number of alkyl halides is 1. The molecule has 2 nitrogen and oxygen atoms in total. The summed E-state index contributed by atoms with van der Waals surface area (Å²) in [6, 6.07) is 8.12. The SMILES string of the molecule is CC(=O)N1CC(CBr)c2ccccc21. The minimum Gasteiger partial charge on any atom is -0.312 e. The number of benzene rings is 1. The number of fused-ring (bicyclic) bond motifs is 1. The number of hydrogen-bond acceptors (Lipinski definition) is 1. The fraction of sp³-hybridized carbons (Fsp3) is 0.364. The summed E-state index contributed by atoms with van der Waals surface area (Å²) < 4.78 is 0. The van der Waals surface area contributed by atoms with Crippen LogP contribution in [0.5, 0.6) is 0 Å². The Morgan fingerprint density at radius 1 is 1.57 bits per heavy atom. The van der Waals surface area contributed by atoms with Crippen molar-refractivity contribution in [2.24, 2.45) is 0 Å². The van der Waals surface area contributed by atoms with Crippen molar-refractivity contribution < 1.29 is 4.79 Å². The third-order valence-electron chi connectivity index (χ3n) is 2.64. The van der Waals surface area contributed by atoms with E-state index in [9.17, 15) is 4.79 Å². The Hall–Kier alpha value is -0.830. The quantitative estimate of drug-likeness (QED) is 0.705. The molecule has 0 fully saturated rings. The van der Waals surface area contributed by atoms with Crippen molar-refractivity contribution in [3.8, 4) is 0 Å². The van der Waals surface area contributed by atoms with Crippen LogP contribution < -0.4 is 4.90 Å². The van der Waals surface area contributed by atoms with Crippen LogP contribution in [-0.2, 0) is 4.79 Å². The number of carbonyl (C=O) groups is 1. The summed E-state index contributed by atoms with van der Waals surface area (Å²) in [6.07, 6.45) is 0. The van der Waals surface area contributed by atoms with Crippen LogP contribution >= 0.6 is 15.9 Å². The van der Waals surface area contributed by atoms with Gasteiger partial charge >= 0.3 is 0 Å². The van der Waals surface area contributed by atoms with E-state index in [1.54, 1.807) is 6.92 Å². The second-order valence-electron chi connectivity index (χ2n) is 3.54. The van der Waals surface area contributed by atoms with Gasteiger partial charge in [0.15, 0.2) is 0 Å². The maximum atomic E-state index is 11.4. The molecule has 1 aromatic rings. The lowest BCUT2D eigenvalue weighted by atomic mass is 10.0. The van der Waals surface area contributed by atoms with Crippen LogP contribution in [0.4, 0.5) is 5.69 Å². The third-order valence-corrected chi connectivity index (χ3v) is 3.42. The molecule has 1 atom stereocenters. The van der Waals surface area contributed by atoms with E-state index in [-0.39, 0.29) is 5.91 Å². The van der Waals surface area contributed by atoms with Gasteiger partial charge < -0.3 is 4.90 Å². The van der Waals surface area contributed by atoms with E-state index in [1.165, 1.54) is 5.56 Å². The van der Waals surface area contributed by atoms with Gasteiger partial charge in [-0.3, -0.25) is 4.79 Å². The van der Waals surface area contributed by atoms with Gasteiger partial charge in [-0.1, -0.05) is 34.1 Å². The molecule has 3 heteroatoms. The zero-order valence-corrected chi connectivity index (χ0v) is 9.62. The Bertz CT molecular complexity index is 364. The topological polar surface area (TPSA) is 20.3 Å². The van der Waals surface area contributed by atoms with Gasteiger partial charge in [-0.05, 0) is 11.6 Å². The number of anilines is 1. The molecule has 1 heterocycles. The van der Waals surface area contributed by atoms with Gasteiger partial charge in [-0.15, -0.1) is 0 Å². The average Bonchev–Trinajstić information content (AvgIpc) is 2.56. The lowest BCUT2D eigenvalue weighted by molar-refractivity contribution is -0.116. The zero-order valence-electron chi connectivity index (χ0n) is 8.03. The highest BCUT2D eigenvalue weighted by molar-refractivity contribution is 9.09. The molecule has 14 heavy (non-hydrogen) atoms. The molecule has 2 rings (SSSR count). The van der Waals surface area contributed by atoms with Gasteiger partial charge in [0.2, 0.25) is 5.91 Å². The highest BCUT2D eigenvalue weighted by atomic mass is 79.9. The molecule has 1 unspecified atom stereocenters. The Labute approximate surface area is 92.0 Å². The second-order valence-corrected chi connectivity index (χ2v) is 4.19. The normalized spacial score (nSPS) is 19.6. The highest BCUT2D eigenvalue weighted by Crippen LogP contribution is 2.36. The first-order chi connectivity index (χ1) is 6.74. The number of para-hydroxylation sites is 1. The van der Waals surface area contributed by atoms with Crippen LogP contribution in [0.1, 0.15) is 18.4 Å². The molecule has 0 saturated heterocycles. The van der Waals surface area contributed by atoms with E-state index >= 15 is 0 Å². The van der Waals surface area contributed by atoms with E-state index in [0.29, 0.717) is 5.92 Å². The van der Waals surface area contributed by atoms with Crippen molar-refractivity contribution in [3.05, 3.63) is 29.8 Å². The fourth-order valence-electron chi connectivity index (χ4n) is 1.93. The predicted octanol–water partition coefficient (Wildman–Crippen LogP) is 2.53. The third kappa shape index (κ3) is 1.46. The van der Waals surface area contributed by atoms with Gasteiger partial charge in [-0.25, -0.2) is 0 Å². The van der Waals surface area contributed by atoms with Crippen LogP contribution in [0, 0.1) is 0 Å². The molecular weight excluding hydrogens is 242 g/mol. The molecule has 0 N–H and O–H groups in total. The molecule has 0 spiro atoms. The molecule has 0 radical (unpaired) electrons. The van der Waals surface area contributed by atoms with Gasteiger partial charge in [-0.2, -0.15) is 0 Å². The van der Waals surface area contributed by atoms with Crippen LogP contribution in [-0.4, -0.2) is 17.8 Å². The highest BCUT2D eigenvalue weighted by Gasteiger charge is 2.29. The minimum absolute atomic E-state index is 0.126. The van der Waals surface area contributed by atoms with Crippen molar-refractivity contribution in [3.63, 3.8) is 0 Å². The van der Waals surface area contributed by atoms with Crippen LogP contribution in [0.25, 0.3) is 0 Å². The summed E-state index contributed by atoms with van der Waals surface area (Å²) in [4.78, 5) is 13.2. The first kappa shape index (κ1) is 9.71. The molecule has 1 aliphatic rings. The summed E-state index contributed by atoms with van der Waals surface area (Å²) in [5, 5.41) is 0.911. The lowest BCUT2D eigenvalue weighted by Gasteiger charge is -2.14. The van der Waals surface area contributed by atoms with Crippen LogP contribution in [0.3, 0.4) is 0 Å². The average molecular weight is 254 g/mol. The molecule has 0 saturated carbocycles. The molecule has 0 bridgehead atoms. The summed E-state index contributed by atoms with van der Waals surface area (Å²) >= 11 is 3.48. The fourth-order valence-corrected chi connectivity index (χ4v) is 2.48. The number of hydrogen-bond donors (Lipinski definition) is 0. The monoisotopic (exact) mass is 253 g/mol. The molecule has 1 aliphatic heterocycles. The van der Waals surface area contributed by atoms with Gasteiger partial charge in [0.25, 0.3) is 0 Å². The van der Waals surface area contributed by atoms with Crippen LogP contribution in [0.2, 0.25) is 0 Å². The van der Waals surface area contributed by atoms with Crippen molar-refractivity contribution in [1.29, 1.82) is 0 Å². The van der Waals surface area contributed by atoms with E-state index in [1.807, 2.05) is 23.1 Å². The molecule has 0 aromatic heterocycles. The Morgan fingerprint density at radius 3 is 2.93 bits per heavy atom. The Morgan fingerprint density at radius 2 is 2.29 bits per heavy atom. The van der Waals surface area contributed by atoms with E-state index in [4.69, 9.17) is 0 Å². The molecule has 74 valence electrons. The summed E-state index contributed by atoms with van der Waals surface area (Å²) in [5.41, 5.74) is 2.35. The summed E-state index contributed by atoms with van der Waals surface area (Å²) in [7, 11) is 0. The van der Waals surface area contributed by atoms with Crippen molar-refractivity contribution in [1.82, 2.24) is 0 Å². The van der Waals surface area contributed by atoms with Gasteiger partial charge in [0, 0.05) is 30.4 Å². The molecule has 0 aliphatic carbocycles. The standard InChI is InChI=1S/C11H12BrNO/c1-8(14)13-7-9(6-12)10-4-2-3-5-11(10)13/h2-5,9H,6-7H2,1H3. The summed E-state index contributed by atoms with van der Waals surface area (Å²) in [6.45, 7) is 2.42. The smallest absolute Gasteiger partial charge is 0.223 e. The number of amides is 1. The first-order valence-electron chi connectivity index (χ1n) is 4.67. The lowest BCUT2D eigenvalue weighted by Crippen LogP contribution is -2.27. The number of carbonyl (C=O) groups excluding carboxylic acids is 1. The summed E-state index contributed by atoms with van der Waals surface area (Å²) in [5.74, 6) is 0.566.